The van der Waals surface area contributed by atoms with Crippen LogP contribution in [-0.2, 0) is 6.54 Å². The van der Waals surface area contributed by atoms with Crippen molar-refractivity contribution in [2.24, 2.45) is 5.73 Å². The second-order valence-corrected chi connectivity index (χ2v) is 3.73. The van der Waals surface area contributed by atoms with E-state index in [0.717, 1.165) is 0 Å². The first kappa shape index (κ1) is 11.8. The molecule has 0 spiro atoms. The summed E-state index contributed by atoms with van der Waals surface area (Å²) in [5.74, 6) is -1.60. The summed E-state index contributed by atoms with van der Waals surface area (Å²) >= 11 is 0. The largest absolute Gasteiger partial charge is 0.478 e. The lowest BCUT2D eigenvalue weighted by atomic mass is 10.1. The number of amides is 1. The summed E-state index contributed by atoms with van der Waals surface area (Å²) in [5.41, 5.74) is 6.08. The third-order valence-electron chi connectivity index (χ3n) is 2.47. The van der Waals surface area contributed by atoms with Gasteiger partial charge in [-0.2, -0.15) is 5.10 Å². The number of carbonyl (C=O) groups excluding carboxylic acids is 1. The van der Waals surface area contributed by atoms with Crippen LogP contribution >= 0.6 is 0 Å². The summed E-state index contributed by atoms with van der Waals surface area (Å²) in [7, 11) is 0. The van der Waals surface area contributed by atoms with Gasteiger partial charge in [-0.3, -0.25) is 9.48 Å². The first-order valence-electron chi connectivity index (χ1n) is 5.22. The van der Waals surface area contributed by atoms with Gasteiger partial charge in [0.1, 0.15) is 5.69 Å². The molecule has 0 bridgehead atoms. The normalized spacial score (nSPS) is 10.2. The van der Waals surface area contributed by atoms with Crippen LogP contribution < -0.4 is 5.73 Å². The quantitative estimate of drug-likeness (QED) is 0.829. The van der Waals surface area contributed by atoms with E-state index >= 15 is 0 Å². The molecule has 0 aliphatic carbocycles. The molecule has 0 saturated carbocycles. The minimum atomic E-state index is -0.993. The van der Waals surface area contributed by atoms with E-state index in [1.165, 1.54) is 16.8 Å². The second-order valence-electron chi connectivity index (χ2n) is 3.73. The second kappa shape index (κ2) is 4.70. The van der Waals surface area contributed by atoms with Gasteiger partial charge in [0.2, 0.25) is 0 Å². The van der Waals surface area contributed by atoms with Gasteiger partial charge < -0.3 is 10.8 Å². The first-order valence-corrected chi connectivity index (χ1v) is 5.22. The number of carboxylic acid groups (broad SMARTS) is 1. The molecule has 6 nitrogen and oxygen atoms in total. The molecule has 1 aromatic heterocycles. The lowest BCUT2D eigenvalue weighted by Gasteiger charge is -2.05. The van der Waals surface area contributed by atoms with Crippen LogP contribution in [0, 0.1) is 0 Å². The molecule has 1 aromatic carbocycles. The molecule has 3 N–H and O–H groups in total. The Morgan fingerprint density at radius 1 is 1.28 bits per heavy atom. The molecular formula is C12H11N3O3. The number of nitrogens with zero attached hydrogens (tertiary/aromatic N) is 2. The molecular weight excluding hydrogens is 234 g/mol. The molecule has 18 heavy (non-hydrogen) atoms. The van der Waals surface area contributed by atoms with Crippen LogP contribution in [0.2, 0.25) is 0 Å². The number of primary amides is 1. The molecule has 0 saturated heterocycles. The van der Waals surface area contributed by atoms with Crippen molar-refractivity contribution in [1.29, 1.82) is 0 Å². The monoisotopic (exact) mass is 245 g/mol. The van der Waals surface area contributed by atoms with E-state index in [0.29, 0.717) is 5.56 Å². The number of hydrogen-bond acceptors (Lipinski definition) is 3. The van der Waals surface area contributed by atoms with E-state index in [9.17, 15) is 9.59 Å². The average molecular weight is 245 g/mol. The van der Waals surface area contributed by atoms with Crippen LogP contribution in [0.3, 0.4) is 0 Å². The van der Waals surface area contributed by atoms with Crippen LogP contribution in [0.1, 0.15) is 26.4 Å². The number of benzene rings is 1. The van der Waals surface area contributed by atoms with Gasteiger partial charge in [0, 0.05) is 6.20 Å². The number of carbonyl (C=O) groups is 2. The highest BCUT2D eigenvalue weighted by Crippen LogP contribution is 2.10. The molecule has 0 unspecified atom stereocenters. The molecule has 0 atom stereocenters. The Morgan fingerprint density at radius 3 is 2.61 bits per heavy atom. The van der Waals surface area contributed by atoms with Gasteiger partial charge >= 0.3 is 5.97 Å². The molecule has 92 valence electrons. The number of aromatic nitrogens is 2. The highest BCUT2D eigenvalue weighted by molar-refractivity contribution is 5.90. The zero-order chi connectivity index (χ0) is 13.1. The molecule has 0 fully saturated rings. The zero-order valence-corrected chi connectivity index (χ0v) is 9.41. The molecule has 0 aliphatic rings. The molecule has 0 aliphatic heterocycles. The number of rotatable bonds is 4. The van der Waals surface area contributed by atoms with Crippen LogP contribution in [0.5, 0.6) is 0 Å². The Labute approximate surface area is 103 Å². The van der Waals surface area contributed by atoms with E-state index < -0.39 is 11.9 Å². The van der Waals surface area contributed by atoms with Crippen molar-refractivity contribution in [3.63, 3.8) is 0 Å². The zero-order valence-electron chi connectivity index (χ0n) is 9.41. The van der Waals surface area contributed by atoms with Gasteiger partial charge in [-0.25, -0.2) is 4.79 Å². The predicted molar refractivity (Wildman–Crippen MR) is 63.2 cm³/mol. The summed E-state index contributed by atoms with van der Waals surface area (Å²) in [5, 5.41) is 13.0. The van der Waals surface area contributed by atoms with Crippen molar-refractivity contribution in [2.75, 3.05) is 0 Å². The topological polar surface area (TPSA) is 98.2 Å². The highest BCUT2D eigenvalue weighted by Gasteiger charge is 2.10. The van der Waals surface area contributed by atoms with Gasteiger partial charge in [0.15, 0.2) is 0 Å². The molecule has 6 heteroatoms. The number of hydrogen-bond donors (Lipinski definition) is 2. The van der Waals surface area contributed by atoms with E-state index in [2.05, 4.69) is 5.10 Å². The van der Waals surface area contributed by atoms with Crippen molar-refractivity contribution in [3.05, 3.63) is 53.3 Å². The number of nitrogens with two attached hydrogens (primary N) is 1. The Balaban J connectivity index is 2.28. The molecule has 1 amide bonds. The number of carboxylic acids is 1. The standard InChI is InChI=1S/C12H11N3O3/c13-11(16)10-5-6-15(14-10)7-8-3-1-2-4-9(8)12(17)18/h1-6H,7H2,(H2,13,16)(H,17,18). The lowest BCUT2D eigenvalue weighted by Crippen LogP contribution is -2.13. The molecule has 1 heterocycles. The summed E-state index contributed by atoms with van der Waals surface area (Å²) in [4.78, 5) is 21.9. The van der Waals surface area contributed by atoms with Crippen molar-refractivity contribution >= 4 is 11.9 Å². The fraction of sp³-hybridized carbons (Fsp3) is 0.0833. The van der Waals surface area contributed by atoms with E-state index in [-0.39, 0.29) is 17.8 Å². The fourth-order valence-corrected chi connectivity index (χ4v) is 1.62. The van der Waals surface area contributed by atoms with Crippen molar-refractivity contribution in [3.8, 4) is 0 Å². The Hall–Kier alpha value is -2.63. The minimum absolute atomic E-state index is 0.155. The maximum Gasteiger partial charge on any atom is 0.336 e. The van der Waals surface area contributed by atoms with Gasteiger partial charge in [-0.1, -0.05) is 18.2 Å². The highest BCUT2D eigenvalue weighted by atomic mass is 16.4. The van der Waals surface area contributed by atoms with Crippen LogP contribution in [-0.4, -0.2) is 26.8 Å². The van der Waals surface area contributed by atoms with Gasteiger partial charge in [-0.15, -0.1) is 0 Å². The van der Waals surface area contributed by atoms with Crippen molar-refractivity contribution in [1.82, 2.24) is 9.78 Å². The van der Waals surface area contributed by atoms with E-state index in [1.54, 1.807) is 24.4 Å². The lowest BCUT2D eigenvalue weighted by molar-refractivity contribution is 0.0695. The SMILES string of the molecule is NC(=O)c1ccn(Cc2ccccc2C(=O)O)n1. The van der Waals surface area contributed by atoms with Crippen LogP contribution in [0.4, 0.5) is 0 Å². The first-order chi connectivity index (χ1) is 8.58. The van der Waals surface area contributed by atoms with E-state index in [4.69, 9.17) is 10.8 Å². The smallest absolute Gasteiger partial charge is 0.336 e. The maximum atomic E-state index is 11.0. The summed E-state index contributed by atoms with van der Waals surface area (Å²) in [6.07, 6.45) is 1.58. The van der Waals surface area contributed by atoms with Crippen molar-refractivity contribution < 1.29 is 14.7 Å². The fourth-order valence-electron chi connectivity index (χ4n) is 1.62. The summed E-state index contributed by atoms with van der Waals surface area (Å²) < 4.78 is 1.47. The van der Waals surface area contributed by atoms with Crippen LogP contribution in [0.25, 0.3) is 0 Å². The Kier molecular flexibility index (Phi) is 3.09. The maximum absolute atomic E-state index is 11.0. The average Bonchev–Trinajstić information content (AvgIpc) is 2.78. The van der Waals surface area contributed by atoms with Gasteiger partial charge in [0.05, 0.1) is 12.1 Å². The summed E-state index contributed by atoms with van der Waals surface area (Å²) in [6.45, 7) is 0.274. The third-order valence-corrected chi connectivity index (χ3v) is 2.47. The predicted octanol–water partition coefficient (Wildman–Crippen LogP) is 0.728. The van der Waals surface area contributed by atoms with Gasteiger partial charge in [-0.05, 0) is 17.7 Å². The molecule has 2 rings (SSSR count). The van der Waals surface area contributed by atoms with E-state index in [1.807, 2.05) is 0 Å². The minimum Gasteiger partial charge on any atom is -0.478 e. The van der Waals surface area contributed by atoms with Crippen LogP contribution in [0.15, 0.2) is 36.5 Å². The Bertz CT molecular complexity index is 604. The van der Waals surface area contributed by atoms with Gasteiger partial charge in [0.25, 0.3) is 5.91 Å². The third kappa shape index (κ3) is 2.37. The summed E-state index contributed by atoms with van der Waals surface area (Å²) in [6, 6.07) is 8.13. The Morgan fingerprint density at radius 2 is 2.00 bits per heavy atom. The molecule has 0 radical (unpaired) electrons. The number of aromatic carboxylic acids is 1. The van der Waals surface area contributed by atoms with Crippen molar-refractivity contribution in [2.45, 2.75) is 6.54 Å². The molecule has 2 aromatic rings.